The molecule has 0 spiro atoms. The van der Waals surface area contributed by atoms with Gasteiger partial charge in [0, 0.05) is 17.2 Å². The van der Waals surface area contributed by atoms with Crippen LogP contribution in [0.5, 0.6) is 5.75 Å². The summed E-state index contributed by atoms with van der Waals surface area (Å²) in [5.41, 5.74) is 6.99. The molecule has 0 atom stereocenters. The van der Waals surface area contributed by atoms with Gasteiger partial charge in [0.15, 0.2) is 11.6 Å². The van der Waals surface area contributed by atoms with Crippen LogP contribution in [0.2, 0.25) is 0 Å². The molecule has 0 bridgehead atoms. The van der Waals surface area contributed by atoms with Crippen LogP contribution < -0.4 is 5.73 Å². The molecule has 4 nitrogen and oxygen atoms in total. The normalized spacial score (nSPS) is 10.4. The van der Waals surface area contributed by atoms with Crippen LogP contribution in [0, 0.1) is 6.92 Å². The van der Waals surface area contributed by atoms with Gasteiger partial charge in [-0.15, -0.1) is 0 Å². The fourth-order valence-electron chi connectivity index (χ4n) is 1.31. The Morgan fingerprint density at radius 2 is 2.21 bits per heavy atom. The highest BCUT2D eigenvalue weighted by Crippen LogP contribution is 2.29. The van der Waals surface area contributed by atoms with Gasteiger partial charge in [-0.05, 0) is 13.0 Å². The van der Waals surface area contributed by atoms with Crippen LogP contribution in [-0.4, -0.2) is 10.3 Å². The molecule has 2 rings (SSSR count). The summed E-state index contributed by atoms with van der Waals surface area (Å²) < 4.78 is 5.00. The Balaban J connectivity index is 2.57. The van der Waals surface area contributed by atoms with E-state index in [0.717, 1.165) is 11.1 Å². The maximum Gasteiger partial charge on any atom is 0.169 e. The summed E-state index contributed by atoms with van der Waals surface area (Å²) >= 11 is 0. The number of nitrogens with zero attached hydrogens (tertiary/aromatic N) is 1. The van der Waals surface area contributed by atoms with Crippen molar-refractivity contribution in [2.24, 2.45) is 0 Å². The maximum absolute atomic E-state index is 9.47. The van der Waals surface area contributed by atoms with Gasteiger partial charge in [0.25, 0.3) is 0 Å². The maximum atomic E-state index is 9.47. The summed E-state index contributed by atoms with van der Waals surface area (Å²) in [6, 6.07) is 6.84. The van der Waals surface area contributed by atoms with Crippen molar-refractivity contribution in [1.29, 1.82) is 0 Å². The zero-order valence-corrected chi connectivity index (χ0v) is 7.69. The molecule has 0 aliphatic carbocycles. The molecular formula is C10H10N2O2. The van der Waals surface area contributed by atoms with Crippen molar-refractivity contribution in [3.8, 4) is 17.1 Å². The van der Waals surface area contributed by atoms with E-state index in [2.05, 4.69) is 5.16 Å². The van der Waals surface area contributed by atoms with Crippen molar-refractivity contribution >= 4 is 5.82 Å². The lowest BCUT2D eigenvalue weighted by Gasteiger charge is -2.02. The first-order valence-corrected chi connectivity index (χ1v) is 4.19. The third kappa shape index (κ3) is 1.31. The molecule has 14 heavy (non-hydrogen) atoms. The molecule has 0 aliphatic rings. The number of nitrogen functional groups attached to an aromatic ring is 1. The summed E-state index contributed by atoms with van der Waals surface area (Å²) in [6.07, 6.45) is 0. The lowest BCUT2D eigenvalue weighted by molar-refractivity contribution is 0.434. The fraction of sp³-hybridized carbons (Fsp3) is 0.100. The first-order chi connectivity index (χ1) is 6.68. The van der Waals surface area contributed by atoms with Crippen LogP contribution in [-0.2, 0) is 0 Å². The van der Waals surface area contributed by atoms with Gasteiger partial charge in [-0.2, -0.15) is 0 Å². The molecule has 4 heteroatoms. The van der Waals surface area contributed by atoms with Crippen molar-refractivity contribution in [3.63, 3.8) is 0 Å². The highest BCUT2D eigenvalue weighted by Gasteiger charge is 2.09. The van der Waals surface area contributed by atoms with Crippen LogP contribution in [0.15, 0.2) is 28.8 Å². The quantitative estimate of drug-likeness (QED) is 0.720. The van der Waals surface area contributed by atoms with E-state index in [4.69, 9.17) is 10.3 Å². The van der Waals surface area contributed by atoms with Gasteiger partial charge >= 0.3 is 0 Å². The summed E-state index contributed by atoms with van der Waals surface area (Å²) in [5, 5.41) is 13.1. The molecule has 0 radical (unpaired) electrons. The van der Waals surface area contributed by atoms with Gasteiger partial charge in [-0.3, -0.25) is 0 Å². The predicted octanol–water partition coefficient (Wildman–Crippen LogP) is 1.94. The van der Waals surface area contributed by atoms with Gasteiger partial charge in [0.1, 0.15) is 5.75 Å². The summed E-state index contributed by atoms with van der Waals surface area (Å²) in [5.74, 6) is 1.14. The minimum absolute atomic E-state index is 0.234. The Morgan fingerprint density at radius 1 is 1.43 bits per heavy atom. The Hall–Kier alpha value is -1.97. The monoisotopic (exact) mass is 190 g/mol. The average molecular weight is 190 g/mol. The molecule has 0 amide bonds. The largest absolute Gasteiger partial charge is 0.508 e. The Bertz CT molecular complexity index is 463. The Morgan fingerprint density at radius 3 is 2.86 bits per heavy atom. The van der Waals surface area contributed by atoms with E-state index in [9.17, 15) is 5.11 Å². The van der Waals surface area contributed by atoms with E-state index in [1.54, 1.807) is 18.2 Å². The highest BCUT2D eigenvalue weighted by atomic mass is 16.5. The van der Waals surface area contributed by atoms with Gasteiger partial charge in [0.05, 0.1) is 0 Å². The SMILES string of the molecule is Cc1c(O)cccc1-c1cc(N)no1. The minimum Gasteiger partial charge on any atom is -0.508 e. The smallest absolute Gasteiger partial charge is 0.169 e. The fourth-order valence-corrected chi connectivity index (χ4v) is 1.31. The Labute approximate surface area is 81.0 Å². The summed E-state index contributed by atoms with van der Waals surface area (Å²) in [4.78, 5) is 0. The van der Waals surface area contributed by atoms with Crippen molar-refractivity contribution in [1.82, 2.24) is 5.16 Å². The molecular weight excluding hydrogens is 180 g/mol. The predicted molar refractivity (Wildman–Crippen MR) is 52.8 cm³/mol. The average Bonchev–Trinajstić information content (AvgIpc) is 2.57. The molecule has 0 aliphatic heterocycles. The number of phenols is 1. The zero-order valence-electron chi connectivity index (χ0n) is 7.69. The molecule has 1 aromatic carbocycles. The third-order valence-corrected chi connectivity index (χ3v) is 2.10. The van der Waals surface area contributed by atoms with E-state index in [1.807, 2.05) is 13.0 Å². The minimum atomic E-state index is 0.234. The van der Waals surface area contributed by atoms with Crippen molar-refractivity contribution in [3.05, 3.63) is 29.8 Å². The van der Waals surface area contributed by atoms with E-state index < -0.39 is 0 Å². The number of hydrogen-bond acceptors (Lipinski definition) is 4. The van der Waals surface area contributed by atoms with E-state index >= 15 is 0 Å². The van der Waals surface area contributed by atoms with Crippen molar-refractivity contribution in [2.45, 2.75) is 6.92 Å². The number of aromatic nitrogens is 1. The van der Waals surface area contributed by atoms with Gasteiger partial charge in [-0.25, -0.2) is 0 Å². The van der Waals surface area contributed by atoms with Gasteiger partial charge in [-0.1, -0.05) is 17.3 Å². The number of aromatic hydroxyl groups is 1. The molecule has 1 aromatic heterocycles. The highest BCUT2D eigenvalue weighted by molar-refractivity contribution is 5.66. The standard InChI is InChI=1S/C10H10N2O2/c1-6-7(3-2-4-8(6)13)9-5-10(11)12-14-9/h2-5,13H,1H3,(H2,11,12). The third-order valence-electron chi connectivity index (χ3n) is 2.10. The van der Waals surface area contributed by atoms with Crippen LogP contribution in [0.25, 0.3) is 11.3 Å². The lowest BCUT2D eigenvalue weighted by Crippen LogP contribution is -1.82. The van der Waals surface area contributed by atoms with Crippen LogP contribution >= 0.6 is 0 Å². The molecule has 0 fully saturated rings. The number of hydrogen-bond donors (Lipinski definition) is 2. The molecule has 0 unspecified atom stereocenters. The number of anilines is 1. The molecule has 0 saturated carbocycles. The first kappa shape index (κ1) is 8.62. The molecule has 0 saturated heterocycles. The van der Waals surface area contributed by atoms with Gasteiger partial charge in [0.2, 0.25) is 0 Å². The second-order valence-corrected chi connectivity index (χ2v) is 3.07. The number of nitrogens with two attached hydrogens (primary N) is 1. The second kappa shape index (κ2) is 3.06. The van der Waals surface area contributed by atoms with Crippen molar-refractivity contribution in [2.75, 3.05) is 5.73 Å². The van der Waals surface area contributed by atoms with Crippen LogP contribution in [0.1, 0.15) is 5.56 Å². The Kier molecular flexibility index (Phi) is 1.89. The zero-order chi connectivity index (χ0) is 10.1. The second-order valence-electron chi connectivity index (χ2n) is 3.07. The van der Waals surface area contributed by atoms with E-state index in [0.29, 0.717) is 11.6 Å². The molecule has 72 valence electrons. The molecule has 2 aromatic rings. The van der Waals surface area contributed by atoms with E-state index in [-0.39, 0.29) is 5.75 Å². The number of phenolic OH excluding ortho intramolecular Hbond substituents is 1. The van der Waals surface area contributed by atoms with Crippen LogP contribution in [0.4, 0.5) is 5.82 Å². The van der Waals surface area contributed by atoms with Gasteiger partial charge < -0.3 is 15.4 Å². The number of benzene rings is 1. The van der Waals surface area contributed by atoms with Crippen molar-refractivity contribution < 1.29 is 9.63 Å². The first-order valence-electron chi connectivity index (χ1n) is 4.19. The summed E-state index contributed by atoms with van der Waals surface area (Å²) in [7, 11) is 0. The molecule has 3 N–H and O–H groups in total. The van der Waals surface area contributed by atoms with E-state index in [1.165, 1.54) is 0 Å². The topological polar surface area (TPSA) is 72.3 Å². The lowest BCUT2D eigenvalue weighted by atomic mass is 10.1. The number of rotatable bonds is 1. The molecule has 1 heterocycles. The van der Waals surface area contributed by atoms with Crippen LogP contribution in [0.3, 0.4) is 0 Å². The summed E-state index contributed by atoms with van der Waals surface area (Å²) in [6.45, 7) is 1.81.